The van der Waals surface area contributed by atoms with Crippen LogP contribution in [0.25, 0.3) is 11.1 Å². The molecule has 1 aliphatic rings. The fourth-order valence-corrected chi connectivity index (χ4v) is 5.48. The van der Waals surface area contributed by atoms with Crippen molar-refractivity contribution >= 4 is 17.1 Å². The number of allylic oxidation sites excluding steroid dienone is 1. The topological polar surface area (TPSA) is 29.5 Å². The molecule has 0 unspecified atom stereocenters. The van der Waals surface area contributed by atoms with E-state index in [1.807, 2.05) is 32.9 Å². The number of carbonyl (C=O) groups is 1. The highest BCUT2D eigenvalue weighted by atomic mass is 16.5. The van der Waals surface area contributed by atoms with Crippen molar-refractivity contribution < 1.29 is 9.53 Å². The van der Waals surface area contributed by atoms with Crippen LogP contribution in [0.4, 0.5) is 0 Å². The molecule has 0 saturated carbocycles. The molecule has 3 aromatic rings. The average Bonchev–Trinajstić information content (AvgIpc) is 2.92. The van der Waals surface area contributed by atoms with Crippen LogP contribution >= 0.6 is 0 Å². The summed E-state index contributed by atoms with van der Waals surface area (Å²) in [5.41, 5.74) is 7.00. The summed E-state index contributed by atoms with van der Waals surface area (Å²) in [6.45, 7) is 17.1. The van der Waals surface area contributed by atoms with E-state index in [4.69, 9.17) is 4.74 Å². The van der Waals surface area contributed by atoms with Crippen LogP contribution in [0.3, 0.4) is 0 Å². The van der Waals surface area contributed by atoms with E-state index in [2.05, 4.69) is 99.3 Å². The van der Waals surface area contributed by atoms with Crippen LogP contribution < -0.4 is 4.74 Å². The van der Waals surface area contributed by atoms with Crippen molar-refractivity contribution in [3.8, 4) is 5.75 Å². The van der Waals surface area contributed by atoms with E-state index < -0.39 is 5.41 Å². The molecule has 0 amide bonds. The predicted octanol–water partition coefficient (Wildman–Crippen LogP) is 8.84. The van der Waals surface area contributed by atoms with Crippen LogP contribution in [0, 0.1) is 11.3 Å². The number of hydrogen-bond acceptors (Lipinski definition) is 3. The maximum Gasteiger partial charge on any atom is 0.316 e. The first kappa shape index (κ1) is 28.8. The summed E-state index contributed by atoms with van der Waals surface area (Å²) in [5.74, 6) is 1.29. The second kappa shape index (κ2) is 12.3. The van der Waals surface area contributed by atoms with Crippen LogP contribution in [-0.2, 0) is 4.79 Å². The Hall–Kier alpha value is -3.17. The number of carbonyl (C=O) groups excluding carboxylic acids is 1. The lowest BCUT2D eigenvalue weighted by Gasteiger charge is -2.34. The minimum Gasteiger partial charge on any atom is -0.426 e. The molecule has 0 atom stereocenters. The number of likely N-dealkylation sites (tertiary alicyclic amines) is 1. The van der Waals surface area contributed by atoms with E-state index in [-0.39, 0.29) is 5.97 Å². The standard InChI is InChI=1S/C36H45NO2/c1-25(2)33(29-11-9-8-10-12-29)34(31-17-19-32(20-18-31)39-35(38)36(5,6)7)30-15-13-27(14-16-30)28-21-23-37(24-22-28)26(3)4/h8-20,25-26,28H,21-24H2,1-7H3/b34-33+. The number of piperidine rings is 1. The molecule has 0 N–H and O–H groups in total. The summed E-state index contributed by atoms with van der Waals surface area (Å²) in [7, 11) is 0. The molecule has 1 heterocycles. The van der Waals surface area contributed by atoms with Gasteiger partial charge in [-0.2, -0.15) is 0 Å². The SMILES string of the molecule is CC(C)/C(=C(\c1ccc(OC(=O)C(C)(C)C)cc1)c1ccc(C2CCN(C(C)C)CC2)cc1)c1ccccc1. The molecule has 3 aromatic carbocycles. The van der Waals surface area contributed by atoms with Gasteiger partial charge in [-0.1, -0.05) is 80.6 Å². The van der Waals surface area contributed by atoms with E-state index >= 15 is 0 Å². The molecule has 0 radical (unpaired) electrons. The van der Waals surface area contributed by atoms with Crippen LogP contribution in [0.5, 0.6) is 5.75 Å². The number of rotatable bonds is 7. The Balaban J connectivity index is 1.71. The lowest BCUT2D eigenvalue weighted by Crippen LogP contribution is -2.37. The highest BCUT2D eigenvalue weighted by Gasteiger charge is 2.25. The van der Waals surface area contributed by atoms with Gasteiger partial charge in [0.05, 0.1) is 5.41 Å². The van der Waals surface area contributed by atoms with E-state index in [1.165, 1.54) is 53.8 Å². The van der Waals surface area contributed by atoms with Gasteiger partial charge >= 0.3 is 5.97 Å². The molecule has 3 nitrogen and oxygen atoms in total. The first-order valence-electron chi connectivity index (χ1n) is 14.5. The zero-order valence-electron chi connectivity index (χ0n) is 24.8. The zero-order chi connectivity index (χ0) is 28.2. The molecule has 1 saturated heterocycles. The van der Waals surface area contributed by atoms with Gasteiger partial charge in [-0.15, -0.1) is 0 Å². The number of nitrogens with zero attached hydrogens (tertiary/aromatic N) is 1. The second-order valence-electron chi connectivity index (χ2n) is 12.5. The third-order valence-corrected chi connectivity index (χ3v) is 7.83. The summed E-state index contributed by atoms with van der Waals surface area (Å²) in [6, 6.07) is 28.6. The Kier molecular flexibility index (Phi) is 9.12. The highest BCUT2D eigenvalue weighted by molar-refractivity contribution is 5.99. The predicted molar refractivity (Wildman–Crippen MR) is 164 cm³/mol. The summed E-state index contributed by atoms with van der Waals surface area (Å²) in [4.78, 5) is 15.0. The van der Waals surface area contributed by atoms with Crippen molar-refractivity contribution in [3.63, 3.8) is 0 Å². The minimum absolute atomic E-state index is 0.229. The van der Waals surface area contributed by atoms with Gasteiger partial charge in [0.25, 0.3) is 0 Å². The molecule has 1 fully saturated rings. The van der Waals surface area contributed by atoms with Gasteiger partial charge in [0.2, 0.25) is 0 Å². The molecular formula is C36H45NO2. The third-order valence-electron chi connectivity index (χ3n) is 7.83. The monoisotopic (exact) mass is 523 g/mol. The second-order valence-corrected chi connectivity index (χ2v) is 12.5. The van der Waals surface area contributed by atoms with Gasteiger partial charge in [-0.25, -0.2) is 0 Å². The summed E-state index contributed by atoms with van der Waals surface area (Å²) >= 11 is 0. The number of hydrogen-bond donors (Lipinski definition) is 0. The Labute approximate surface area is 235 Å². The highest BCUT2D eigenvalue weighted by Crippen LogP contribution is 2.38. The van der Waals surface area contributed by atoms with Crippen molar-refractivity contribution in [2.24, 2.45) is 11.3 Å². The van der Waals surface area contributed by atoms with Crippen molar-refractivity contribution in [1.29, 1.82) is 0 Å². The number of ether oxygens (including phenoxy) is 1. The van der Waals surface area contributed by atoms with Gasteiger partial charge in [0.1, 0.15) is 5.75 Å². The van der Waals surface area contributed by atoms with Gasteiger partial charge in [-0.3, -0.25) is 4.79 Å². The molecule has 0 bridgehead atoms. The van der Waals surface area contributed by atoms with Crippen LogP contribution in [0.1, 0.15) is 89.5 Å². The summed E-state index contributed by atoms with van der Waals surface area (Å²) < 4.78 is 5.66. The van der Waals surface area contributed by atoms with Crippen molar-refractivity contribution in [3.05, 3.63) is 101 Å². The van der Waals surface area contributed by atoms with E-state index in [9.17, 15) is 4.79 Å². The van der Waals surface area contributed by atoms with Crippen molar-refractivity contribution in [2.45, 2.75) is 73.3 Å². The lowest BCUT2D eigenvalue weighted by atomic mass is 9.83. The molecular weight excluding hydrogens is 478 g/mol. The Bertz CT molecular complexity index is 1250. The molecule has 206 valence electrons. The maximum absolute atomic E-state index is 12.4. The van der Waals surface area contributed by atoms with Crippen LogP contribution in [0.2, 0.25) is 0 Å². The van der Waals surface area contributed by atoms with Crippen LogP contribution in [0.15, 0.2) is 78.9 Å². The molecule has 0 aliphatic carbocycles. The fourth-order valence-electron chi connectivity index (χ4n) is 5.48. The summed E-state index contributed by atoms with van der Waals surface area (Å²) in [6.07, 6.45) is 2.44. The molecule has 0 spiro atoms. The lowest BCUT2D eigenvalue weighted by molar-refractivity contribution is -0.142. The molecule has 39 heavy (non-hydrogen) atoms. The fraction of sp³-hybridized carbons (Fsp3) is 0.417. The Morgan fingerprint density at radius 3 is 1.79 bits per heavy atom. The Morgan fingerprint density at radius 2 is 1.31 bits per heavy atom. The van der Waals surface area contributed by atoms with Crippen LogP contribution in [-0.4, -0.2) is 30.0 Å². The van der Waals surface area contributed by atoms with E-state index in [0.717, 1.165) is 5.56 Å². The normalized spacial score (nSPS) is 15.9. The molecule has 4 rings (SSSR count). The number of benzene rings is 3. The minimum atomic E-state index is -0.547. The van der Waals surface area contributed by atoms with Gasteiger partial charge in [-0.05, 0) is 118 Å². The van der Waals surface area contributed by atoms with E-state index in [1.54, 1.807) is 0 Å². The Morgan fingerprint density at radius 1 is 0.769 bits per heavy atom. The van der Waals surface area contributed by atoms with Gasteiger partial charge < -0.3 is 9.64 Å². The average molecular weight is 524 g/mol. The smallest absolute Gasteiger partial charge is 0.316 e. The third kappa shape index (κ3) is 7.08. The molecule has 0 aromatic heterocycles. The number of esters is 1. The van der Waals surface area contributed by atoms with E-state index in [0.29, 0.717) is 23.6 Å². The largest absolute Gasteiger partial charge is 0.426 e. The van der Waals surface area contributed by atoms with Crippen molar-refractivity contribution in [1.82, 2.24) is 4.90 Å². The first-order valence-corrected chi connectivity index (χ1v) is 14.5. The van der Waals surface area contributed by atoms with Gasteiger partial charge in [0.15, 0.2) is 0 Å². The van der Waals surface area contributed by atoms with Crippen molar-refractivity contribution in [2.75, 3.05) is 13.1 Å². The van der Waals surface area contributed by atoms with Gasteiger partial charge in [0, 0.05) is 6.04 Å². The molecule has 1 aliphatic heterocycles. The first-order chi connectivity index (χ1) is 18.5. The summed E-state index contributed by atoms with van der Waals surface area (Å²) in [5, 5.41) is 0. The zero-order valence-corrected chi connectivity index (χ0v) is 24.8. The maximum atomic E-state index is 12.4. The molecule has 3 heteroatoms. The quantitative estimate of drug-likeness (QED) is 0.176.